The topological polar surface area (TPSA) is 85.7 Å². The number of nitriles is 1. The van der Waals surface area contributed by atoms with E-state index >= 15 is 0 Å². The zero-order valence-corrected chi connectivity index (χ0v) is 20.7. The molecule has 36 heavy (non-hydrogen) atoms. The molecule has 0 aliphatic rings. The predicted octanol–water partition coefficient (Wildman–Crippen LogP) is 5.17. The molecule has 0 bridgehead atoms. The molecule has 2 heterocycles. The van der Waals surface area contributed by atoms with Crippen LogP contribution in [0.25, 0.3) is 22.1 Å². The normalized spacial score (nSPS) is 11.2. The van der Waals surface area contributed by atoms with Crippen LogP contribution >= 0.6 is 0 Å². The van der Waals surface area contributed by atoms with Crippen LogP contribution in [0, 0.1) is 11.3 Å². The van der Waals surface area contributed by atoms with Gasteiger partial charge in [0.05, 0.1) is 40.3 Å². The molecule has 3 aromatic carbocycles. The highest BCUT2D eigenvalue weighted by Crippen LogP contribution is 2.25. The maximum absolute atomic E-state index is 12.8. The molecule has 0 saturated carbocycles. The second kappa shape index (κ2) is 9.67. The average Bonchev–Trinajstić information content (AvgIpc) is 3.42. The molecule has 0 aliphatic carbocycles. The molecule has 7 heteroatoms. The SMILES string of the molecule is CCOC(=O)c1nc2c(CC)cccc2n1Cc1ccc2c(c1)nc(Cc1ccc(C#N)cc1)n2C. The zero-order chi connectivity index (χ0) is 25.2. The molecule has 180 valence electrons. The second-order valence-corrected chi connectivity index (χ2v) is 8.78. The number of esters is 1. The summed E-state index contributed by atoms with van der Waals surface area (Å²) < 4.78 is 9.35. The number of carbonyl (C=O) groups is 1. The van der Waals surface area contributed by atoms with E-state index in [0.29, 0.717) is 31.0 Å². The lowest BCUT2D eigenvalue weighted by molar-refractivity contribution is 0.0507. The van der Waals surface area contributed by atoms with Crippen LogP contribution in [0.2, 0.25) is 0 Å². The Morgan fingerprint density at radius 1 is 1.00 bits per heavy atom. The highest BCUT2D eigenvalue weighted by Gasteiger charge is 2.20. The van der Waals surface area contributed by atoms with Gasteiger partial charge in [0.1, 0.15) is 5.82 Å². The van der Waals surface area contributed by atoms with Gasteiger partial charge in [0.25, 0.3) is 0 Å². The fourth-order valence-corrected chi connectivity index (χ4v) is 4.62. The van der Waals surface area contributed by atoms with Crippen molar-refractivity contribution in [2.45, 2.75) is 33.2 Å². The summed E-state index contributed by atoms with van der Waals surface area (Å²) in [5, 5.41) is 9.04. The van der Waals surface area contributed by atoms with E-state index in [0.717, 1.165) is 51.0 Å². The van der Waals surface area contributed by atoms with Gasteiger partial charge >= 0.3 is 5.97 Å². The first kappa shape index (κ1) is 23.3. The molecule has 2 aromatic heterocycles. The number of fused-ring (bicyclic) bond motifs is 2. The van der Waals surface area contributed by atoms with Gasteiger partial charge in [-0.15, -0.1) is 0 Å². The van der Waals surface area contributed by atoms with Crippen molar-refractivity contribution in [3.8, 4) is 6.07 Å². The van der Waals surface area contributed by atoms with E-state index in [1.165, 1.54) is 0 Å². The van der Waals surface area contributed by atoms with Crippen LogP contribution < -0.4 is 0 Å². The van der Waals surface area contributed by atoms with Crippen molar-refractivity contribution in [3.05, 3.63) is 94.6 Å². The third-order valence-electron chi connectivity index (χ3n) is 6.53. The first-order chi connectivity index (χ1) is 17.5. The van der Waals surface area contributed by atoms with E-state index in [1.54, 1.807) is 6.92 Å². The average molecular weight is 478 g/mol. The predicted molar refractivity (Wildman–Crippen MR) is 139 cm³/mol. The van der Waals surface area contributed by atoms with Gasteiger partial charge in [-0.2, -0.15) is 5.26 Å². The van der Waals surface area contributed by atoms with Crippen molar-refractivity contribution in [2.75, 3.05) is 6.61 Å². The van der Waals surface area contributed by atoms with Gasteiger partial charge in [-0.05, 0) is 60.4 Å². The van der Waals surface area contributed by atoms with E-state index < -0.39 is 5.97 Å². The van der Waals surface area contributed by atoms with Gasteiger partial charge < -0.3 is 13.9 Å². The first-order valence-corrected chi connectivity index (χ1v) is 12.1. The van der Waals surface area contributed by atoms with E-state index in [2.05, 4.69) is 40.7 Å². The Bertz CT molecular complexity index is 1620. The summed E-state index contributed by atoms with van der Waals surface area (Å²) in [5.41, 5.74) is 7.57. The summed E-state index contributed by atoms with van der Waals surface area (Å²) in [6.07, 6.45) is 1.50. The number of aryl methyl sites for hydroxylation is 2. The van der Waals surface area contributed by atoms with E-state index in [-0.39, 0.29) is 0 Å². The lowest BCUT2D eigenvalue weighted by Gasteiger charge is -2.09. The van der Waals surface area contributed by atoms with Crippen LogP contribution in [0.4, 0.5) is 0 Å². The molecule has 0 unspecified atom stereocenters. The number of benzene rings is 3. The van der Waals surface area contributed by atoms with Crippen molar-refractivity contribution >= 4 is 28.0 Å². The largest absolute Gasteiger partial charge is 0.460 e. The Labute approximate surface area is 209 Å². The number of aromatic nitrogens is 4. The molecule has 0 aliphatic heterocycles. The number of carbonyl (C=O) groups excluding carboxylic acids is 1. The Hall–Kier alpha value is -4.44. The van der Waals surface area contributed by atoms with E-state index in [4.69, 9.17) is 15.0 Å². The molecule has 0 N–H and O–H groups in total. The number of rotatable bonds is 7. The Kier molecular flexibility index (Phi) is 6.26. The number of imidazole rings is 2. The van der Waals surface area contributed by atoms with Gasteiger partial charge in [-0.1, -0.05) is 37.3 Å². The van der Waals surface area contributed by atoms with E-state index in [1.807, 2.05) is 54.1 Å². The summed E-state index contributed by atoms with van der Waals surface area (Å²) in [5.74, 6) is 0.842. The van der Waals surface area contributed by atoms with Crippen LogP contribution in [0.5, 0.6) is 0 Å². The second-order valence-electron chi connectivity index (χ2n) is 8.78. The lowest BCUT2D eigenvalue weighted by Crippen LogP contribution is -2.14. The Balaban J connectivity index is 1.51. The number of hydrogen-bond donors (Lipinski definition) is 0. The molecular formula is C29H27N5O2. The number of para-hydroxylation sites is 1. The van der Waals surface area contributed by atoms with Gasteiger partial charge in [0.2, 0.25) is 5.82 Å². The molecule has 5 aromatic rings. The van der Waals surface area contributed by atoms with Crippen LogP contribution in [0.3, 0.4) is 0 Å². The first-order valence-electron chi connectivity index (χ1n) is 12.1. The maximum Gasteiger partial charge on any atom is 0.374 e. The molecule has 0 spiro atoms. The standard InChI is InChI=1S/C29H27N5O2/c1-4-22-7-6-8-25-27(22)32-28(29(35)36-5-2)34(25)18-21-13-14-24-23(15-21)31-26(33(24)3)16-19-9-11-20(17-30)12-10-19/h6-15H,4-5,16,18H2,1-3H3. The summed E-state index contributed by atoms with van der Waals surface area (Å²) in [6.45, 7) is 4.66. The fraction of sp³-hybridized carbons (Fsp3) is 0.241. The Morgan fingerprint density at radius 2 is 1.78 bits per heavy atom. The van der Waals surface area contributed by atoms with Crippen LogP contribution in [0.1, 0.15) is 52.5 Å². The minimum Gasteiger partial charge on any atom is -0.460 e. The van der Waals surface area contributed by atoms with Crippen molar-refractivity contribution in [2.24, 2.45) is 7.05 Å². The van der Waals surface area contributed by atoms with Crippen molar-refractivity contribution < 1.29 is 9.53 Å². The van der Waals surface area contributed by atoms with Crippen molar-refractivity contribution in [1.82, 2.24) is 19.1 Å². The van der Waals surface area contributed by atoms with Crippen LogP contribution in [-0.2, 0) is 31.2 Å². The van der Waals surface area contributed by atoms with Gasteiger partial charge in [0, 0.05) is 20.0 Å². The highest BCUT2D eigenvalue weighted by molar-refractivity contribution is 5.92. The quantitative estimate of drug-likeness (QED) is 0.302. The minimum absolute atomic E-state index is 0.296. The summed E-state index contributed by atoms with van der Waals surface area (Å²) in [7, 11) is 2.02. The number of nitrogens with zero attached hydrogens (tertiary/aromatic N) is 5. The molecule has 0 saturated heterocycles. The lowest BCUT2D eigenvalue weighted by atomic mass is 10.1. The molecule has 0 fully saturated rings. The van der Waals surface area contributed by atoms with Gasteiger partial charge in [-0.3, -0.25) is 0 Å². The molecule has 7 nitrogen and oxygen atoms in total. The zero-order valence-electron chi connectivity index (χ0n) is 20.7. The van der Waals surface area contributed by atoms with Crippen molar-refractivity contribution in [1.29, 1.82) is 5.26 Å². The number of ether oxygens (including phenoxy) is 1. The Morgan fingerprint density at radius 3 is 2.50 bits per heavy atom. The van der Waals surface area contributed by atoms with Gasteiger partial charge in [-0.25, -0.2) is 14.8 Å². The molecule has 0 atom stereocenters. The highest BCUT2D eigenvalue weighted by atomic mass is 16.5. The summed E-state index contributed by atoms with van der Waals surface area (Å²) in [4.78, 5) is 22.3. The smallest absolute Gasteiger partial charge is 0.374 e. The van der Waals surface area contributed by atoms with Gasteiger partial charge in [0.15, 0.2) is 0 Å². The monoisotopic (exact) mass is 477 g/mol. The third-order valence-corrected chi connectivity index (χ3v) is 6.53. The molecule has 5 rings (SSSR count). The van der Waals surface area contributed by atoms with Crippen molar-refractivity contribution in [3.63, 3.8) is 0 Å². The number of hydrogen-bond acceptors (Lipinski definition) is 5. The van der Waals surface area contributed by atoms with E-state index in [9.17, 15) is 4.79 Å². The molecule has 0 radical (unpaired) electrons. The summed E-state index contributed by atoms with van der Waals surface area (Å²) in [6, 6.07) is 22.0. The third kappa shape index (κ3) is 4.22. The molecule has 0 amide bonds. The van der Waals surface area contributed by atoms with Crippen LogP contribution in [-0.4, -0.2) is 31.7 Å². The van der Waals surface area contributed by atoms with Crippen LogP contribution in [0.15, 0.2) is 60.7 Å². The maximum atomic E-state index is 12.8. The molecular weight excluding hydrogens is 450 g/mol. The fourth-order valence-electron chi connectivity index (χ4n) is 4.62. The minimum atomic E-state index is -0.417. The summed E-state index contributed by atoms with van der Waals surface area (Å²) >= 11 is 0.